The summed E-state index contributed by atoms with van der Waals surface area (Å²) in [5.41, 5.74) is 16.8. The van der Waals surface area contributed by atoms with E-state index in [1.165, 1.54) is 13.8 Å². The number of hydrogen-bond acceptors (Lipinski definition) is 7. The smallest absolute Gasteiger partial charge is 0.326 e. The van der Waals surface area contributed by atoms with Crippen LogP contribution in [0, 0.1) is 0 Å². The Morgan fingerprint density at radius 2 is 1.54 bits per heavy atom. The highest BCUT2D eigenvalue weighted by Crippen LogP contribution is 2.06. The van der Waals surface area contributed by atoms with Crippen molar-refractivity contribution in [3.63, 3.8) is 0 Å². The van der Waals surface area contributed by atoms with E-state index in [1.807, 2.05) is 0 Å². The first kappa shape index (κ1) is 29.3. The summed E-state index contributed by atoms with van der Waals surface area (Å²) in [7, 11) is 0. The van der Waals surface area contributed by atoms with Crippen LogP contribution in [0.2, 0.25) is 0 Å². The van der Waals surface area contributed by atoms with Crippen LogP contribution in [-0.4, -0.2) is 76.7 Å². The largest absolute Gasteiger partial charge is 0.480 e. The lowest BCUT2D eigenvalue weighted by Gasteiger charge is -2.26. The van der Waals surface area contributed by atoms with Crippen molar-refractivity contribution >= 4 is 29.7 Å². The third-order valence-electron chi connectivity index (χ3n) is 4.95. The number of carbonyl (C=O) groups is 4. The van der Waals surface area contributed by atoms with E-state index in [4.69, 9.17) is 17.2 Å². The Labute approximate surface area is 203 Å². The molecule has 1 aromatic carbocycles. The molecular formula is C22H35N7O6. The second-order valence-corrected chi connectivity index (χ2v) is 8.11. The molecule has 194 valence electrons. The van der Waals surface area contributed by atoms with Gasteiger partial charge in [-0.2, -0.15) is 0 Å². The maximum absolute atomic E-state index is 12.9. The van der Waals surface area contributed by atoms with E-state index >= 15 is 0 Å². The van der Waals surface area contributed by atoms with Gasteiger partial charge in [0.15, 0.2) is 5.96 Å². The summed E-state index contributed by atoms with van der Waals surface area (Å²) >= 11 is 0. The van der Waals surface area contributed by atoms with E-state index in [1.54, 1.807) is 30.3 Å². The quantitative estimate of drug-likeness (QED) is 0.0778. The predicted octanol–water partition coefficient (Wildman–Crippen LogP) is -2.45. The fraction of sp³-hybridized carbons (Fsp3) is 0.500. The predicted molar refractivity (Wildman–Crippen MR) is 129 cm³/mol. The second-order valence-electron chi connectivity index (χ2n) is 8.11. The number of nitrogens with zero attached hydrogens (tertiary/aromatic N) is 1. The van der Waals surface area contributed by atoms with Crippen LogP contribution in [0.4, 0.5) is 0 Å². The Bertz CT molecular complexity index is 888. The van der Waals surface area contributed by atoms with Crippen LogP contribution >= 0.6 is 0 Å². The molecule has 35 heavy (non-hydrogen) atoms. The Morgan fingerprint density at radius 3 is 2.06 bits per heavy atom. The normalized spacial score (nSPS) is 15.0. The summed E-state index contributed by atoms with van der Waals surface area (Å²) in [5, 5.41) is 26.9. The number of carboxylic acid groups (broad SMARTS) is 1. The van der Waals surface area contributed by atoms with Gasteiger partial charge in [-0.1, -0.05) is 30.3 Å². The number of amides is 3. The van der Waals surface area contributed by atoms with E-state index in [0.717, 1.165) is 0 Å². The van der Waals surface area contributed by atoms with Crippen LogP contribution in [0.3, 0.4) is 0 Å². The van der Waals surface area contributed by atoms with Gasteiger partial charge in [0, 0.05) is 13.0 Å². The Hall–Kier alpha value is -3.71. The van der Waals surface area contributed by atoms with Gasteiger partial charge >= 0.3 is 5.97 Å². The maximum atomic E-state index is 12.9. The van der Waals surface area contributed by atoms with Crippen molar-refractivity contribution in [3.05, 3.63) is 35.9 Å². The Balaban J connectivity index is 2.94. The molecule has 0 spiro atoms. The number of aliphatic carboxylic acids is 1. The molecule has 3 amide bonds. The summed E-state index contributed by atoms with van der Waals surface area (Å²) in [5.74, 6) is -3.66. The van der Waals surface area contributed by atoms with Gasteiger partial charge in [0.2, 0.25) is 17.7 Å². The van der Waals surface area contributed by atoms with Crippen LogP contribution in [-0.2, 0) is 25.6 Å². The minimum Gasteiger partial charge on any atom is -0.480 e. The highest BCUT2D eigenvalue weighted by atomic mass is 16.4. The molecule has 0 fully saturated rings. The lowest BCUT2D eigenvalue weighted by molar-refractivity contribution is -0.143. The van der Waals surface area contributed by atoms with Crippen molar-refractivity contribution in [2.24, 2.45) is 22.2 Å². The van der Waals surface area contributed by atoms with Crippen molar-refractivity contribution in [2.45, 2.75) is 63.4 Å². The van der Waals surface area contributed by atoms with Crippen molar-refractivity contribution in [1.82, 2.24) is 16.0 Å². The molecule has 11 N–H and O–H groups in total. The van der Waals surface area contributed by atoms with Gasteiger partial charge in [0.05, 0.1) is 12.1 Å². The molecule has 0 radical (unpaired) electrons. The maximum Gasteiger partial charge on any atom is 0.326 e. The molecule has 0 saturated carbocycles. The van der Waals surface area contributed by atoms with Gasteiger partial charge in [-0.15, -0.1) is 0 Å². The SMILES string of the molecule is CC(N)C(=O)NC(CCCN=C(N)N)C(=O)NC(C(=O)NC(Cc1ccccc1)C(=O)O)C(C)O. The number of aliphatic hydroxyl groups is 1. The number of carbonyl (C=O) groups excluding carboxylic acids is 3. The van der Waals surface area contributed by atoms with Gasteiger partial charge in [-0.3, -0.25) is 19.4 Å². The van der Waals surface area contributed by atoms with Crippen LogP contribution in [0.25, 0.3) is 0 Å². The minimum atomic E-state index is -1.48. The van der Waals surface area contributed by atoms with E-state index in [2.05, 4.69) is 20.9 Å². The highest BCUT2D eigenvalue weighted by Gasteiger charge is 2.32. The number of benzene rings is 1. The average molecular weight is 494 g/mol. The van der Waals surface area contributed by atoms with Gasteiger partial charge in [-0.05, 0) is 32.3 Å². The van der Waals surface area contributed by atoms with E-state index in [9.17, 15) is 29.4 Å². The molecule has 0 aliphatic rings. The fourth-order valence-corrected chi connectivity index (χ4v) is 3.05. The fourth-order valence-electron chi connectivity index (χ4n) is 3.05. The molecule has 1 aromatic rings. The van der Waals surface area contributed by atoms with E-state index < -0.39 is 54.0 Å². The summed E-state index contributed by atoms with van der Waals surface area (Å²) in [6, 6.07) is 3.90. The zero-order valence-electron chi connectivity index (χ0n) is 19.8. The van der Waals surface area contributed by atoms with E-state index in [0.29, 0.717) is 12.0 Å². The monoisotopic (exact) mass is 493 g/mol. The third kappa shape index (κ3) is 10.8. The lowest BCUT2D eigenvalue weighted by Crippen LogP contribution is -2.59. The number of aliphatic imine (C=N–C) groups is 1. The molecule has 0 saturated heterocycles. The summed E-state index contributed by atoms with van der Waals surface area (Å²) < 4.78 is 0. The summed E-state index contributed by atoms with van der Waals surface area (Å²) in [6.07, 6.45) is -0.934. The van der Waals surface area contributed by atoms with Crippen molar-refractivity contribution in [2.75, 3.05) is 6.54 Å². The van der Waals surface area contributed by atoms with Gasteiger partial charge in [0.1, 0.15) is 18.1 Å². The molecule has 5 unspecified atom stereocenters. The zero-order chi connectivity index (χ0) is 26.5. The van der Waals surface area contributed by atoms with Crippen LogP contribution in [0.1, 0.15) is 32.3 Å². The van der Waals surface area contributed by atoms with Crippen molar-refractivity contribution < 1.29 is 29.4 Å². The number of rotatable bonds is 14. The molecule has 0 aliphatic carbocycles. The van der Waals surface area contributed by atoms with Gasteiger partial charge in [-0.25, -0.2) is 4.79 Å². The Morgan fingerprint density at radius 1 is 0.943 bits per heavy atom. The number of carboxylic acids is 1. The molecule has 0 aliphatic heterocycles. The topological polar surface area (TPSA) is 235 Å². The van der Waals surface area contributed by atoms with Crippen molar-refractivity contribution in [3.8, 4) is 0 Å². The van der Waals surface area contributed by atoms with Crippen LogP contribution in [0.15, 0.2) is 35.3 Å². The molecule has 0 heterocycles. The van der Waals surface area contributed by atoms with Crippen LogP contribution in [0.5, 0.6) is 0 Å². The zero-order valence-corrected chi connectivity index (χ0v) is 19.8. The molecular weight excluding hydrogens is 458 g/mol. The average Bonchev–Trinajstić information content (AvgIpc) is 2.78. The first-order valence-corrected chi connectivity index (χ1v) is 11.1. The molecule has 0 aromatic heterocycles. The molecule has 13 heteroatoms. The standard InChI is InChI=1S/C22H35N7O6/c1-12(23)18(31)27-15(9-6-10-26-22(24)25)19(32)29-17(13(2)30)20(33)28-16(21(34)35)11-14-7-4-3-5-8-14/h3-5,7-8,12-13,15-17,30H,6,9-11,23H2,1-2H3,(H,27,31)(H,28,33)(H,29,32)(H,34,35)(H4,24,25,26). The summed E-state index contributed by atoms with van der Waals surface area (Å²) in [6.45, 7) is 2.90. The summed E-state index contributed by atoms with van der Waals surface area (Å²) in [4.78, 5) is 53.3. The first-order chi connectivity index (χ1) is 16.4. The second kappa shape index (κ2) is 14.5. The molecule has 5 atom stereocenters. The molecule has 1 rings (SSSR count). The van der Waals surface area contributed by atoms with E-state index in [-0.39, 0.29) is 25.3 Å². The van der Waals surface area contributed by atoms with Gasteiger partial charge < -0.3 is 43.4 Å². The number of hydrogen-bond donors (Lipinski definition) is 8. The third-order valence-corrected chi connectivity index (χ3v) is 4.95. The lowest BCUT2D eigenvalue weighted by atomic mass is 10.0. The Kier molecular flexibility index (Phi) is 12.2. The number of nitrogens with two attached hydrogens (primary N) is 3. The minimum absolute atomic E-state index is 0.000250. The first-order valence-electron chi connectivity index (χ1n) is 11.1. The van der Waals surface area contributed by atoms with Crippen LogP contribution < -0.4 is 33.2 Å². The molecule has 13 nitrogen and oxygen atoms in total. The van der Waals surface area contributed by atoms with Crippen molar-refractivity contribution in [1.29, 1.82) is 0 Å². The number of nitrogens with one attached hydrogen (secondary N) is 3. The number of aliphatic hydroxyl groups excluding tert-OH is 1. The molecule has 0 bridgehead atoms. The highest BCUT2D eigenvalue weighted by molar-refractivity contribution is 5.94. The van der Waals surface area contributed by atoms with Gasteiger partial charge in [0.25, 0.3) is 0 Å². The number of guanidine groups is 1.